The average molecular weight is 387 g/mol. The second kappa shape index (κ2) is 7.31. The highest BCUT2D eigenvalue weighted by atomic mass is 79.9. The number of Topliss-reactive ketones (excluding diaryl/α,β-unsaturated/α-hetero) is 1. The van der Waals surface area contributed by atoms with E-state index in [4.69, 9.17) is 0 Å². The number of nitro benzene ring substituents is 1. The maximum atomic E-state index is 12.5. The van der Waals surface area contributed by atoms with E-state index in [1.165, 1.54) is 12.1 Å². The van der Waals surface area contributed by atoms with E-state index in [9.17, 15) is 14.9 Å². The number of fused-ring (bicyclic) bond motifs is 1. The van der Waals surface area contributed by atoms with Gasteiger partial charge in [0.1, 0.15) is 5.56 Å². The summed E-state index contributed by atoms with van der Waals surface area (Å²) in [4.78, 5) is 23.1. The Morgan fingerprint density at radius 2 is 1.88 bits per heavy atom. The molecular formula is C18H15BrN2O3. The molecule has 0 bridgehead atoms. The number of pyridine rings is 1. The first-order chi connectivity index (χ1) is 11.1. The van der Waals surface area contributed by atoms with Gasteiger partial charge in [0, 0.05) is 23.6 Å². The van der Waals surface area contributed by atoms with E-state index in [1.807, 2.05) is 48.0 Å². The Morgan fingerprint density at radius 1 is 1.12 bits per heavy atom. The molecule has 5 nitrogen and oxygen atoms in total. The monoisotopic (exact) mass is 386 g/mol. The van der Waals surface area contributed by atoms with Gasteiger partial charge in [0.25, 0.3) is 5.69 Å². The topological polar surface area (TPSA) is 64.1 Å². The molecule has 6 heteroatoms. The zero-order valence-corrected chi connectivity index (χ0v) is 14.6. The molecule has 1 heterocycles. The molecule has 3 aromatic rings. The maximum Gasteiger partial charge on any atom is 0.280 e. The van der Waals surface area contributed by atoms with Crippen LogP contribution in [0.3, 0.4) is 0 Å². The van der Waals surface area contributed by atoms with E-state index in [-0.39, 0.29) is 40.6 Å². The van der Waals surface area contributed by atoms with Gasteiger partial charge in [-0.1, -0.05) is 23.8 Å². The van der Waals surface area contributed by atoms with Crippen LogP contribution in [0.25, 0.3) is 10.9 Å². The van der Waals surface area contributed by atoms with Crippen molar-refractivity contribution in [2.45, 2.75) is 13.5 Å². The number of aromatic nitrogens is 1. The minimum atomic E-state index is -0.523. The molecule has 0 fully saturated rings. The van der Waals surface area contributed by atoms with Crippen molar-refractivity contribution in [2.75, 3.05) is 0 Å². The smallest absolute Gasteiger partial charge is 0.280 e. The van der Waals surface area contributed by atoms with E-state index in [1.54, 1.807) is 12.1 Å². The van der Waals surface area contributed by atoms with Crippen molar-refractivity contribution < 1.29 is 31.3 Å². The number of nitrogens with zero attached hydrogens (tertiary/aromatic N) is 2. The predicted octanol–water partition coefficient (Wildman–Crippen LogP) is 0.231. The molecule has 2 aromatic carbocycles. The van der Waals surface area contributed by atoms with Crippen LogP contribution in [0.5, 0.6) is 0 Å². The third-order valence-electron chi connectivity index (χ3n) is 3.75. The largest absolute Gasteiger partial charge is 1.00 e. The van der Waals surface area contributed by atoms with Crippen LogP contribution in [0.15, 0.2) is 60.8 Å². The molecule has 24 heavy (non-hydrogen) atoms. The summed E-state index contributed by atoms with van der Waals surface area (Å²) in [7, 11) is 0. The molecule has 0 N–H and O–H groups in total. The number of carbonyl (C=O) groups excluding carboxylic acids is 1. The number of halogens is 1. The first-order valence-corrected chi connectivity index (χ1v) is 7.22. The van der Waals surface area contributed by atoms with Crippen LogP contribution in [0.4, 0.5) is 5.69 Å². The summed E-state index contributed by atoms with van der Waals surface area (Å²) >= 11 is 0. The standard InChI is InChI=1S/C18H15N2O3.BrH/c1-13-8-9-16-14(11-13)5-4-10-19(16)12-18(21)15-6-2-3-7-17(15)20(22)23;/h2-11H,12H2,1H3;1H/q+1;/p-1. The van der Waals surface area contributed by atoms with Gasteiger partial charge < -0.3 is 17.0 Å². The molecule has 1 aromatic heterocycles. The number of rotatable bonds is 4. The normalized spacial score (nSPS) is 10.2. The van der Waals surface area contributed by atoms with Crippen LogP contribution < -0.4 is 21.5 Å². The summed E-state index contributed by atoms with van der Waals surface area (Å²) in [5.74, 6) is -0.282. The second-order valence-electron chi connectivity index (χ2n) is 5.40. The molecule has 0 amide bonds. The van der Waals surface area contributed by atoms with Crippen molar-refractivity contribution in [2.24, 2.45) is 0 Å². The van der Waals surface area contributed by atoms with Gasteiger partial charge in [-0.3, -0.25) is 14.9 Å². The highest BCUT2D eigenvalue weighted by molar-refractivity contribution is 5.99. The lowest BCUT2D eigenvalue weighted by Crippen LogP contribution is -3.00. The van der Waals surface area contributed by atoms with Gasteiger partial charge in [-0.2, -0.15) is 4.57 Å². The number of carbonyl (C=O) groups is 1. The minimum Gasteiger partial charge on any atom is -1.00 e. The van der Waals surface area contributed by atoms with Crippen LogP contribution in [0, 0.1) is 17.0 Å². The van der Waals surface area contributed by atoms with Crippen LogP contribution in [-0.2, 0) is 6.54 Å². The number of hydrogen-bond acceptors (Lipinski definition) is 3. The van der Waals surface area contributed by atoms with Crippen LogP contribution in [0.2, 0.25) is 0 Å². The predicted molar refractivity (Wildman–Crippen MR) is 86.3 cm³/mol. The quantitative estimate of drug-likeness (QED) is 0.279. The van der Waals surface area contributed by atoms with E-state index >= 15 is 0 Å². The molecular weight excluding hydrogens is 372 g/mol. The number of para-hydroxylation sites is 1. The van der Waals surface area contributed by atoms with Gasteiger partial charge >= 0.3 is 0 Å². The Hall–Kier alpha value is -2.60. The molecule has 0 atom stereocenters. The van der Waals surface area contributed by atoms with E-state index in [2.05, 4.69) is 0 Å². The second-order valence-corrected chi connectivity index (χ2v) is 5.40. The van der Waals surface area contributed by atoms with E-state index < -0.39 is 4.92 Å². The Morgan fingerprint density at radius 3 is 2.62 bits per heavy atom. The fourth-order valence-corrected chi connectivity index (χ4v) is 2.65. The van der Waals surface area contributed by atoms with Crippen molar-refractivity contribution in [1.29, 1.82) is 0 Å². The molecule has 122 valence electrons. The molecule has 3 rings (SSSR count). The van der Waals surface area contributed by atoms with E-state index in [0.717, 1.165) is 16.5 Å². The van der Waals surface area contributed by atoms with Gasteiger partial charge in [-0.25, -0.2) is 0 Å². The molecule has 0 aliphatic heterocycles. The lowest BCUT2D eigenvalue weighted by Gasteiger charge is -2.03. The zero-order chi connectivity index (χ0) is 16.4. The molecule has 0 radical (unpaired) electrons. The Kier molecular flexibility index (Phi) is 5.41. The van der Waals surface area contributed by atoms with Gasteiger partial charge in [-0.05, 0) is 25.1 Å². The van der Waals surface area contributed by atoms with Crippen molar-refractivity contribution in [1.82, 2.24) is 0 Å². The Labute approximate surface area is 149 Å². The van der Waals surface area contributed by atoms with Crippen molar-refractivity contribution >= 4 is 22.4 Å². The maximum absolute atomic E-state index is 12.5. The number of benzene rings is 2. The van der Waals surface area contributed by atoms with E-state index in [0.29, 0.717) is 0 Å². The summed E-state index contributed by atoms with van der Waals surface area (Å²) in [6.07, 6.45) is 1.81. The van der Waals surface area contributed by atoms with Gasteiger partial charge in [0.15, 0.2) is 6.20 Å². The number of ketones is 1. The third-order valence-corrected chi connectivity index (χ3v) is 3.75. The molecule has 0 aliphatic rings. The third kappa shape index (κ3) is 3.49. The summed E-state index contributed by atoms with van der Waals surface area (Å²) in [6.45, 7) is 2.07. The summed E-state index contributed by atoms with van der Waals surface area (Å²) in [6, 6.07) is 15.9. The van der Waals surface area contributed by atoms with Crippen molar-refractivity contribution in [3.63, 3.8) is 0 Å². The first kappa shape index (κ1) is 17.7. The van der Waals surface area contributed by atoms with Crippen LogP contribution in [-0.4, -0.2) is 10.7 Å². The highest BCUT2D eigenvalue weighted by Gasteiger charge is 2.23. The average Bonchev–Trinajstić information content (AvgIpc) is 2.54. The van der Waals surface area contributed by atoms with Gasteiger partial charge in [0.05, 0.1) is 4.92 Å². The number of hydrogen-bond donors (Lipinski definition) is 0. The molecule has 0 aliphatic carbocycles. The summed E-state index contributed by atoms with van der Waals surface area (Å²) in [5, 5.41) is 12.1. The van der Waals surface area contributed by atoms with Crippen molar-refractivity contribution in [3.05, 3.63) is 82.0 Å². The van der Waals surface area contributed by atoms with Gasteiger partial charge in [-0.15, -0.1) is 0 Å². The zero-order valence-electron chi connectivity index (χ0n) is 13.0. The lowest BCUT2D eigenvalue weighted by molar-refractivity contribution is -0.657. The fraction of sp³-hybridized carbons (Fsp3) is 0.111. The molecule has 0 saturated carbocycles. The number of nitro groups is 1. The van der Waals surface area contributed by atoms with Crippen LogP contribution in [0.1, 0.15) is 15.9 Å². The Balaban J connectivity index is 0.00000208. The highest BCUT2D eigenvalue weighted by Crippen LogP contribution is 2.18. The van der Waals surface area contributed by atoms with Gasteiger partial charge in [0.2, 0.25) is 17.8 Å². The van der Waals surface area contributed by atoms with Crippen LogP contribution >= 0.6 is 0 Å². The minimum absolute atomic E-state index is 0. The SMILES string of the molecule is Cc1ccc2c(ccc[n+]2CC(=O)c2ccccc2[N+](=O)[O-])c1.[Br-]. The summed E-state index contributed by atoms with van der Waals surface area (Å²) in [5.41, 5.74) is 2.04. The molecule has 0 unspecified atom stereocenters. The lowest BCUT2D eigenvalue weighted by atomic mass is 10.1. The Bertz CT molecular complexity index is 925. The summed E-state index contributed by atoms with van der Waals surface area (Å²) < 4.78 is 1.81. The fourth-order valence-electron chi connectivity index (χ4n) is 2.65. The molecule has 0 saturated heterocycles. The van der Waals surface area contributed by atoms with Crippen molar-refractivity contribution in [3.8, 4) is 0 Å². The number of aryl methyl sites for hydroxylation is 1. The first-order valence-electron chi connectivity index (χ1n) is 7.22. The molecule has 0 spiro atoms.